The number of thioether (sulfide) groups is 1. The lowest BCUT2D eigenvalue weighted by atomic mass is 9.94. The van der Waals surface area contributed by atoms with Crippen LogP contribution in [0.3, 0.4) is 0 Å². The maximum Gasteiger partial charge on any atom is 0.0284 e. The minimum atomic E-state index is 0.344. The van der Waals surface area contributed by atoms with Crippen LogP contribution >= 0.6 is 11.8 Å². The number of nitrogens with one attached hydrogen (secondary N) is 1. The Balaban J connectivity index is 1.94. The van der Waals surface area contributed by atoms with E-state index in [1.165, 1.54) is 51.7 Å². The summed E-state index contributed by atoms with van der Waals surface area (Å²) in [6, 6.07) is 0. The lowest BCUT2D eigenvalue weighted by Gasteiger charge is -2.44. The van der Waals surface area contributed by atoms with Crippen molar-refractivity contribution in [1.29, 1.82) is 0 Å². The third-order valence-corrected chi connectivity index (χ3v) is 6.20. The van der Waals surface area contributed by atoms with E-state index in [4.69, 9.17) is 0 Å². The molecule has 1 aliphatic carbocycles. The van der Waals surface area contributed by atoms with Crippen molar-refractivity contribution < 1.29 is 0 Å². The quantitative estimate of drug-likeness (QED) is 0.832. The fourth-order valence-corrected chi connectivity index (χ4v) is 4.38. The molecule has 2 nitrogen and oxygen atoms in total. The van der Waals surface area contributed by atoms with E-state index < -0.39 is 0 Å². The summed E-state index contributed by atoms with van der Waals surface area (Å²) >= 11 is 2.12. The Hall–Kier alpha value is 0.270. The Bertz CT molecular complexity index is 251. The van der Waals surface area contributed by atoms with Gasteiger partial charge in [0.2, 0.25) is 0 Å². The molecule has 2 fully saturated rings. The largest absolute Gasteiger partial charge is 0.309 e. The van der Waals surface area contributed by atoms with E-state index in [1.54, 1.807) is 0 Å². The zero-order valence-electron chi connectivity index (χ0n) is 11.7. The van der Waals surface area contributed by atoms with Gasteiger partial charge >= 0.3 is 0 Å². The summed E-state index contributed by atoms with van der Waals surface area (Å²) in [6.45, 7) is 9.61. The molecule has 0 radical (unpaired) electrons. The second-order valence-electron chi connectivity index (χ2n) is 6.15. The molecule has 2 aliphatic rings. The summed E-state index contributed by atoms with van der Waals surface area (Å²) in [5, 5.41) is 3.68. The van der Waals surface area contributed by atoms with Crippen molar-refractivity contribution in [2.75, 3.05) is 32.4 Å². The van der Waals surface area contributed by atoms with E-state index in [9.17, 15) is 0 Å². The smallest absolute Gasteiger partial charge is 0.0284 e. The predicted octanol–water partition coefficient (Wildman–Crippen LogP) is 2.74. The summed E-state index contributed by atoms with van der Waals surface area (Å²) in [7, 11) is 0. The molecule has 0 aromatic heterocycles. The summed E-state index contributed by atoms with van der Waals surface area (Å²) in [4.78, 5) is 2.71. The standard InChI is InChI=1S/C14H28N2S/c1-4-13(2)11-16(10-9-15-13)12-14(17-3)7-5-6-8-14/h15H,4-12H2,1-3H3. The first-order chi connectivity index (χ1) is 8.11. The fraction of sp³-hybridized carbons (Fsp3) is 1.00. The Morgan fingerprint density at radius 1 is 1.29 bits per heavy atom. The highest BCUT2D eigenvalue weighted by molar-refractivity contribution is 8.00. The topological polar surface area (TPSA) is 15.3 Å². The number of nitrogens with zero attached hydrogens (tertiary/aromatic N) is 1. The minimum Gasteiger partial charge on any atom is -0.309 e. The van der Waals surface area contributed by atoms with Crippen LogP contribution in [0.25, 0.3) is 0 Å². The SMILES string of the molecule is CCC1(C)CN(CC2(SC)CCCC2)CCN1. The molecule has 1 unspecified atom stereocenters. The zero-order chi connectivity index (χ0) is 12.4. The van der Waals surface area contributed by atoms with E-state index in [1.807, 2.05) is 0 Å². The van der Waals surface area contributed by atoms with Gasteiger partial charge in [-0.1, -0.05) is 19.8 Å². The molecule has 1 N–H and O–H groups in total. The molecule has 1 aliphatic heterocycles. The van der Waals surface area contributed by atoms with Crippen molar-refractivity contribution in [3.05, 3.63) is 0 Å². The van der Waals surface area contributed by atoms with Crippen LogP contribution in [-0.4, -0.2) is 47.6 Å². The van der Waals surface area contributed by atoms with Gasteiger partial charge in [0.15, 0.2) is 0 Å². The molecule has 1 heterocycles. The van der Waals surface area contributed by atoms with Crippen LogP contribution in [0.5, 0.6) is 0 Å². The van der Waals surface area contributed by atoms with Crippen LogP contribution in [0.1, 0.15) is 46.0 Å². The number of hydrogen-bond acceptors (Lipinski definition) is 3. The average Bonchev–Trinajstić information content (AvgIpc) is 2.78. The van der Waals surface area contributed by atoms with E-state index in [0.717, 1.165) is 6.54 Å². The van der Waals surface area contributed by atoms with Crippen LogP contribution in [-0.2, 0) is 0 Å². The first-order valence-corrected chi connectivity index (χ1v) is 8.36. The highest BCUT2D eigenvalue weighted by Crippen LogP contribution is 2.41. The van der Waals surface area contributed by atoms with Crippen LogP contribution in [0, 0.1) is 0 Å². The lowest BCUT2D eigenvalue weighted by molar-refractivity contribution is 0.129. The van der Waals surface area contributed by atoms with Gasteiger partial charge in [-0.3, -0.25) is 4.90 Å². The Kier molecular flexibility index (Phi) is 4.43. The van der Waals surface area contributed by atoms with Gasteiger partial charge in [0.1, 0.15) is 0 Å². The molecule has 1 atom stereocenters. The van der Waals surface area contributed by atoms with Gasteiger partial charge < -0.3 is 5.32 Å². The van der Waals surface area contributed by atoms with Gasteiger partial charge in [-0.25, -0.2) is 0 Å². The van der Waals surface area contributed by atoms with Gasteiger partial charge in [-0.2, -0.15) is 11.8 Å². The first kappa shape index (κ1) is 13.7. The molecule has 0 aromatic carbocycles. The number of hydrogen-bond donors (Lipinski definition) is 1. The highest BCUT2D eigenvalue weighted by Gasteiger charge is 2.37. The molecule has 1 saturated heterocycles. The van der Waals surface area contributed by atoms with Crippen molar-refractivity contribution in [2.45, 2.75) is 56.2 Å². The van der Waals surface area contributed by atoms with Gasteiger partial charge in [0, 0.05) is 36.5 Å². The molecule has 0 aromatic rings. The predicted molar refractivity (Wildman–Crippen MR) is 77.9 cm³/mol. The summed E-state index contributed by atoms with van der Waals surface area (Å²) in [6.07, 6.45) is 9.29. The van der Waals surface area contributed by atoms with E-state index >= 15 is 0 Å². The Morgan fingerprint density at radius 3 is 2.59 bits per heavy atom. The van der Waals surface area contributed by atoms with Crippen molar-refractivity contribution in [2.24, 2.45) is 0 Å². The van der Waals surface area contributed by atoms with E-state index in [0.29, 0.717) is 10.3 Å². The molecule has 0 spiro atoms. The summed E-state index contributed by atoms with van der Waals surface area (Å²) < 4.78 is 0.575. The second kappa shape index (κ2) is 5.50. The average molecular weight is 256 g/mol. The third-order valence-electron chi connectivity index (χ3n) is 4.79. The van der Waals surface area contributed by atoms with Crippen molar-refractivity contribution in [3.8, 4) is 0 Å². The van der Waals surface area contributed by atoms with Gasteiger partial charge in [0.25, 0.3) is 0 Å². The zero-order valence-corrected chi connectivity index (χ0v) is 12.5. The minimum absolute atomic E-state index is 0.344. The molecule has 0 amide bonds. The van der Waals surface area contributed by atoms with Gasteiger partial charge in [-0.15, -0.1) is 0 Å². The van der Waals surface area contributed by atoms with Crippen LogP contribution in [0.4, 0.5) is 0 Å². The maximum atomic E-state index is 3.68. The maximum absolute atomic E-state index is 3.68. The Morgan fingerprint density at radius 2 is 2.00 bits per heavy atom. The summed E-state index contributed by atoms with van der Waals surface area (Å²) in [5.74, 6) is 0. The normalized spacial score (nSPS) is 34.1. The number of piperazine rings is 1. The monoisotopic (exact) mass is 256 g/mol. The lowest BCUT2D eigenvalue weighted by Crippen LogP contribution is -2.60. The second-order valence-corrected chi connectivity index (χ2v) is 7.42. The molecule has 2 rings (SSSR count). The fourth-order valence-electron chi connectivity index (χ4n) is 3.37. The third kappa shape index (κ3) is 3.18. The summed E-state index contributed by atoms with van der Waals surface area (Å²) in [5.41, 5.74) is 0.344. The molecule has 3 heteroatoms. The molecular formula is C14H28N2S. The molecule has 100 valence electrons. The van der Waals surface area contributed by atoms with Crippen LogP contribution in [0.15, 0.2) is 0 Å². The van der Waals surface area contributed by atoms with E-state index in [-0.39, 0.29) is 0 Å². The van der Waals surface area contributed by atoms with Crippen LogP contribution in [0.2, 0.25) is 0 Å². The van der Waals surface area contributed by atoms with Gasteiger partial charge in [0.05, 0.1) is 0 Å². The first-order valence-electron chi connectivity index (χ1n) is 7.14. The van der Waals surface area contributed by atoms with Crippen molar-refractivity contribution in [1.82, 2.24) is 10.2 Å². The number of rotatable bonds is 4. The molecular weight excluding hydrogens is 228 g/mol. The van der Waals surface area contributed by atoms with Gasteiger partial charge in [-0.05, 0) is 32.4 Å². The molecule has 0 bridgehead atoms. The highest BCUT2D eigenvalue weighted by atomic mass is 32.2. The van der Waals surface area contributed by atoms with Crippen LogP contribution < -0.4 is 5.32 Å². The molecule has 1 saturated carbocycles. The van der Waals surface area contributed by atoms with Crippen molar-refractivity contribution >= 4 is 11.8 Å². The van der Waals surface area contributed by atoms with E-state index in [2.05, 4.69) is 42.1 Å². The molecule has 17 heavy (non-hydrogen) atoms. The van der Waals surface area contributed by atoms with Crippen molar-refractivity contribution in [3.63, 3.8) is 0 Å². The Labute approximate surface area is 111 Å².